The van der Waals surface area contributed by atoms with E-state index >= 15 is 0 Å². The monoisotopic (exact) mass is 596 g/mol. The Bertz CT molecular complexity index is 1330. The molecule has 2 N–H and O–H groups in total. The zero-order chi connectivity index (χ0) is 28.2. The van der Waals surface area contributed by atoms with E-state index in [0.717, 1.165) is 24.4 Å². The van der Waals surface area contributed by atoms with Crippen molar-refractivity contribution in [2.24, 2.45) is 0 Å². The van der Waals surface area contributed by atoms with Gasteiger partial charge >= 0.3 is 5.97 Å². The number of nitrogens with zero attached hydrogens (tertiary/aromatic N) is 2. The van der Waals surface area contributed by atoms with Gasteiger partial charge in [0.25, 0.3) is 5.91 Å². The SMILES string of the molecule is CCc1c(N2CCCC2=O)cccc1S(=O)(=O)N[C@@H](CNC(=O)c1ccc(Cl)s1)C(=O)O[C@H]1CCN(CC)C1. The van der Waals surface area contributed by atoms with Crippen molar-refractivity contribution < 1.29 is 27.5 Å². The molecule has 0 radical (unpaired) electrons. The van der Waals surface area contributed by atoms with Crippen LogP contribution in [-0.2, 0) is 30.8 Å². The first kappa shape index (κ1) is 29.5. The maximum Gasteiger partial charge on any atom is 0.326 e. The second-order valence-electron chi connectivity index (χ2n) is 9.48. The number of carbonyl (C=O) groups excluding carboxylic acids is 3. The lowest BCUT2D eigenvalue weighted by atomic mass is 10.1. The Kier molecular flexibility index (Phi) is 9.65. The lowest BCUT2D eigenvalue weighted by molar-refractivity contribution is -0.150. The van der Waals surface area contributed by atoms with Gasteiger partial charge in [-0.1, -0.05) is 31.5 Å². The van der Waals surface area contributed by atoms with Gasteiger partial charge < -0.3 is 15.0 Å². The van der Waals surface area contributed by atoms with Crippen LogP contribution in [0.2, 0.25) is 4.34 Å². The van der Waals surface area contributed by atoms with Gasteiger partial charge in [-0.2, -0.15) is 4.72 Å². The van der Waals surface area contributed by atoms with Gasteiger partial charge in [0.1, 0.15) is 12.1 Å². The smallest absolute Gasteiger partial charge is 0.326 e. The zero-order valence-corrected chi connectivity index (χ0v) is 24.3. The molecule has 0 spiro atoms. The van der Waals surface area contributed by atoms with E-state index in [2.05, 4.69) is 14.9 Å². The summed E-state index contributed by atoms with van der Waals surface area (Å²) in [4.78, 5) is 42.3. The second kappa shape index (κ2) is 12.8. The van der Waals surface area contributed by atoms with Crippen molar-refractivity contribution in [1.29, 1.82) is 0 Å². The molecule has 3 heterocycles. The number of benzene rings is 1. The predicted molar refractivity (Wildman–Crippen MR) is 150 cm³/mol. The van der Waals surface area contributed by atoms with Gasteiger partial charge in [-0.15, -0.1) is 11.3 Å². The molecule has 0 bridgehead atoms. The third-order valence-electron chi connectivity index (χ3n) is 6.92. The Balaban J connectivity index is 1.57. The van der Waals surface area contributed by atoms with Crippen LogP contribution < -0.4 is 14.9 Å². The fourth-order valence-electron chi connectivity index (χ4n) is 4.89. The summed E-state index contributed by atoms with van der Waals surface area (Å²) in [5, 5.41) is 2.62. The predicted octanol–water partition coefficient (Wildman–Crippen LogP) is 2.81. The highest BCUT2D eigenvalue weighted by atomic mass is 35.5. The van der Waals surface area contributed by atoms with Gasteiger partial charge in [-0.3, -0.25) is 19.3 Å². The van der Waals surface area contributed by atoms with Crippen molar-refractivity contribution >= 4 is 56.4 Å². The standard InChI is InChI=1S/C26H33ClN4O6S2/c1-3-18-20(31-13-6-9-24(31)32)7-5-8-22(18)39(35,36)29-19(15-28-25(33)21-10-11-23(27)38-21)26(34)37-17-12-14-30(4-2)16-17/h5,7-8,10-11,17,19,29H,3-4,6,9,12-16H2,1-2H3,(H,28,33)/t17-,19-/m0/s1. The summed E-state index contributed by atoms with van der Waals surface area (Å²) in [6.07, 6.45) is 1.75. The number of thiophene rings is 1. The summed E-state index contributed by atoms with van der Waals surface area (Å²) < 4.78 is 35.9. The normalized spacial score (nSPS) is 18.9. The third kappa shape index (κ3) is 6.98. The molecule has 0 saturated carbocycles. The van der Waals surface area contributed by atoms with Crippen molar-refractivity contribution in [3.8, 4) is 0 Å². The highest BCUT2D eigenvalue weighted by molar-refractivity contribution is 7.89. The fourth-order valence-corrected chi connectivity index (χ4v) is 7.36. The van der Waals surface area contributed by atoms with E-state index in [4.69, 9.17) is 16.3 Å². The zero-order valence-electron chi connectivity index (χ0n) is 21.9. The number of rotatable bonds is 11. The number of hydrogen-bond donors (Lipinski definition) is 2. The Morgan fingerprint density at radius 3 is 2.62 bits per heavy atom. The topological polar surface area (TPSA) is 125 Å². The minimum absolute atomic E-state index is 0.0191. The first-order valence-electron chi connectivity index (χ1n) is 13.0. The van der Waals surface area contributed by atoms with Crippen LogP contribution in [0.5, 0.6) is 0 Å². The van der Waals surface area contributed by atoms with Crippen molar-refractivity contribution in [3.05, 3.63) is 45.1 Å². The van der Waals surface area contributed by atoms with Crippen LogP contribution in [0.1, 0.15) is 48.3 Å². The lowest BCUT2D eigenvalue weighted by Gasteiger charge is -2.24. The molecule has 2 aliphatic rings. The number of likely N-dealkylation sites (tertiary alicyclic amines) is 1. The summed E-state index contributed by atoms with van der Waals surface area (Å²) in [5.41, 5.74) is 1.04. The molecule has 0 unspecified atom stereocenters. The average Bonchev–Trinajstić information content (AvgIpc) is 3.67. The molecular weight excluding hydrogens is 564 g/mol. The van der Waals surface area contributed by atoms with E-state index in [0.29, 0.717) is 59.2 Å². The number of ether oxygens (including phenoxy) is 1. The molecule has 39 heavy (non-hydrogen) atoms. The first-order chi connectivity index (χ1) is 18.6. The van der Waals surface area contributed by atoms with Gasteiger partial charge in [0.2, 0.25) is 15.9 Å². The molecule has 13 heteroatoms. The molecule has 212 valence electrons. The molecule has 2 atom stereocenters. The number of amides is 2. The minimum Gasteiger partial charge on any atom is -0.460 e. The van der Waals surface area contributed by atoms with Crippen LogP contribution in [0.4, 0.5) is 5.69 Å². The van der Waals surface area contributed by atoms with Crippen LogP contribution in [0.3, 0.4) is 0 Å². The van der Waals surface area contributed by atoms with E-state index < -0.39 is 27.9 Å². The summed E-state index contributed by atoms with van der Waals surface area (Å²) >= 11 is 7.01. The largest absolute Gasteiger partial charge is 0.460 e. The van der Waals surface area contributed by atoms with Crippen LogP contribution in [0.25, 0.3) is 0 Å². The van der Waals surface area contributed by atoms with E-state index in [1.165, 1.54) is 6.07 Å². The molecule has 1 aromatic carbocycles. The third-order valence-corrected chi connectivity index (χ3v) is 9.71. The second-order valence-corrected chi connectivity index (χ2v) is 12.9. The van der Waals surface area contributed by atoms with E-state index in [1.807, 2.05) is 13.8 Å². The molecule has 10 nitrogen and oxygen atoms in total. The van der Waals surface area contributed by atoms with Gasteiger partial charge in [-0.05, 0) is 55.6 Å². The van der Waals surface area contributed by atoms with Gasteiger partial charge in [-0.25, -0.2) is 8.42 Å². The number of sulfonamides is 1. The summed E-state index contributed by atoms with van der Waals surface area (Å²) in [6, 6.07) is 6.54. The van der Waals surface area contributed by atoms with Crippen LogP contribution in [0.15, 0.2) is 35.2 Å². The minimum atomic E-state index is -4.24. The average molecular weight is 597 g/mol. The summed E-state index contributed by atoms with van der Waals surface area (Å²) in [7, 11) is -4.24. The van der Waals surface area contributed by atoms with E-state index in [1.54, 1.807) is 29.2 Å². The lowest BCUT2D eigenvalue weighted by Crippen LogP contribution is -2.50. The maximum atomic E-state index is 13.7. The number of esters is 1. The molecule has 2 fully saturated rings. The van der Waals surface area contributed by atoms with E-state index in [9.17, 15) is 22.8 Å². The van der Waals surface area contributed by atoms with Crippen LogP contribution in [0, 0.1) is 0 Å². The molecule has 2 saturated heterocycles. The van der Waals surface area contributed by atoms with Crippen molar-refractivity contribution in [1.82, 2.24) is 14.9 Å². The van der Waals surface area contributed by atoms with Gasteiger partial charge in [0.15, 0.2) is 0 Å². The number of carbonyl (C=O) groups is 3. The highest BCUT2D eigenvalue weighted by Crippen LogP contribution is 2.31. The van der Waals surface area contributed by atoms with Crippen molar-refractivity contribution in [2.75, 3.05) is 37.6 Å². The first-order valence-corrected chi connectivity index (χ1v) is 15.7. The van der Waals surface area contributed by atoms with Crippen molar-refractivity contribution in [2.45, 2.75) is 56.6 Å². The van der Waals surface area contributed by atoms with Crippen molar-refractivity contribution in [3.63, 3.8) is 0 Å². The molecule has 4 rings (SSSR count). The quantitative estimate of drug-likeness (QED) is 0.382. The van der Waals surface area contributed by atoms with Gasteiger partial charge in [0, 0.05) is 38.3 Å². The highest BCUT2D eigenvalue weighted by Gasteiger charge is 2.34. The maximum absolute atomic E-state index is 13.7. The Morgan fingerprint density at radius 2 is 2.00 bits per heavy atom. The molecular formula is C26H33ClN4O6S2. The fraction of sp³-hybridized carbons (Fsp3) is 0.500. The number of likely N-dealkylation sites (N-methyl/N-ethyl adjacent to an activating group) is 1. The number of anilines is 1. The summed E-state index contributed by atoms with van der Waals surface area (Å²) in [5.74, 6) is -1.30. The summed E-state index contributed by atoms with van der Waals surface area (Å²) in [6.45, 7) is 6.20. The number of nitrogens with one attached hydrogen (secondary N) is 2. The Hall–Kier alpha value is -2.51. The Labute approximate surface area is 237 Å². The molecule has 2 aliphatic heterocycles. The number of halogens is 1. The molecule has 2 aromatic rings. The number of hydrogen-bond acceptors (Lipinski definition) is 8. The molecule has 2 amide bonds. The van der Waals surface area contributed by atoms with Crippen LogP contribution in [-0.4, -0.2) is 76.0 Å². The van der Waals surface area contributed by atoms with Gasteiger partial charge in [0.05, 0.1) is 14.1 Å². The molecule has 0 aliphatic carbocycles. The van der Waals surface area contributed by atoms with E-state index in [-0.39, 0.29) is 23.5 Å². The molecule has 1 aromatic heterocycles. The van der Waals surface area contributed by atoms with Crippen LogP contribution >= 0.6 is 22.9 Å². The Morgan fingerprint density at radius 1 is 1.21 bits per heavy atom.